The standard InChI is InChI=1S/C14H20ClFO2/c1-4-14(3,18-5-2)13(17)8-10-6-7-11(15)9-12(10)16/h6-7,9,13,17H,4-5,8H2,1-3H3. The van der Waals surface area contributed by atoms with Crippen molar-refractivity contribution in [3.05, 3.63) is 34.6 Å². The van der Waals surface area contributed by atoms with Gasteiger partial charge in [0.25, 0.3) is 0 Å². The lowest BCUT2D eigenvalue weighted by Crippen LogP contribution is -2.43. The molecule has 0 spiro atoms. The van der Waals surface area contributed by atoms with Gasteiger partial charge in [-0.2, -0.15) is 0 Å². The van der Waals surface area contributed by atoms with Crippen molar-refractivity contribution >= 4 is 11.6 Å². The summed E-state index contributed by atoms with van der Waals surface area (Å²) >= 11 is 5.69. The van der Waals surface area contributed by atoms with E-state index in [4.69, 9.17) is 16.3 Å². The smallest absolute Gasteiger partial charge is 0.127 e. The first kappa shape index (κ1) is 15.4. The minimum Gasteiger partial charge on any atom is -0.390 e. The van der Waals surface area contributed by atoms with Gasteiger partial charge in [-0.05, 0) is 38.0 Å². The number of benzene rings is 1. The summed E-state index contributed by atoms with van der Waals surface area (Å²) in [7, 11) is 0. The van der Waals surface area contributed by atoms with Gasteiger partial charge < -0.3 is 9.84 Å². The van der Waals surface area contributed by atoms with Crippen LogP contribution in [0.15, 0.2) is 18.2 Å². The van der Waals surface area contributed by atoms with Crippen LogP contribution in [0.1, 0.15) is 32.8 Å². The van der Waals surface area contributed by atoms with Crippen LogP contribution >= 0.6 is 11.6 Å². The van der Waals surface area contributed by atoms with Crippen LogP contribution in [0, 0.1) is 5.82 Å². The van der Waals surface area contributed by atoms with Crippen molar-refractivity contribution in [1.82, 2.24) is 0 Å². The van der Waals surface area contributed by atoms with Crippen molar-refractivity contribution in [2.75, 3.05) is 6.61 Å². The average molecular weight is 275 g/mol. The third-order valence-corrected chi connectivity index (χ3v) is 3.54. The molecule has 4 heteroatoms. The number of rotatable bonds is 6. The highest BCUT2D eigenvalue weighted by Crippen LogP contribution is 2.25. The first-order chi connectivity index (χ1) is 8.42. The number of aliphatic hydroxyl groups is 1. The molecular weight excluding hydrogens is 255 g/mol. The maximum atomic E-state index is 13.7. The Hall–Kier alpha value is -0.640. The molecule has 2 nitrogen and oxygen atoms in total. The Morgan fingerprint density at radius 3 is 2.61 bits per heavy atom. The number of ether oxygens (including phenoxy) is 1. The van der Waals surface area contributed by atoms with Gasteiger partial charge in [-0.25, -0.2) is 4.39 Å². The molecule has 2 atom stereocenters. The maximum absolute atomic E-state index is 13.7. The molecule has 0 heterocycles. The number of hydrogen-bond acceptors (Lipinski definition) is 2. The Balaban J connectivity index is 2.82. The molecule has 1 aromatic carbocycles. The minimum absolute atomic E-state index is 0.216. The first-order valence-electron chi connectivity index (χ1n) is 6.19. The van der Waals surface area contributed by atoms with E-state index in [0.717, 1.165) is 0 Å². The van der Waals surface area contributed by atoms with E-state index >= 15 is 0 Å². The molecule has 18 heavy (non-hydrogen) atoms. The highest BCUT2D eigenvalue weighted by molar-refractivity contribution is 6.30. The third kappa shape index (κ3) is 3.67. The van der Waals surface area contributed by atoms with Gasteiger partial charge in [-0.15, -0.1) is 0 Å². The van der Waals surface area contributed by atoms with Crippen molar-refractivity contribution in [2.45, 2.75) is 45.3 Å². The molecule has 0 saturated heterocycles. The Bertz CT molecular complexity index is 397. The quantitative estimate of drug-likeness (QED) is 0.859. The van der Waals surface area contributed by atoms with Crippen LogP contribution in [0.3, 0.4) is 0 Å². The van der Waals surface area contributed by atoms with E-state index in [2.05, 4.69) is 0 Å². The average Bonchev–Trinajstić information content (AvgIpc) is 2.32. The van der Waals surface area contributed by atoms with E-state index in [1.807, 2.05) is 20.8 Å². The number of halogens is 2. The second-order valence-corrected chi connectivity index (χ2v) is 4.99. The molecule has 0 aliphatic heterocycles. The maximum Gasteiger partial charge on any atom is 0.127 e. The molecule has 1 N–H and O–H groups in total. The van der Waals surface area contributed by atoms with Crippen molar-refractivity contribution in [2.24, 2.45) is 0 Å². The predicted octanol–water partition coefficient (Wildman–Crippen LogP) is 3.59. The van der Waals surface area contributed by atoms with Gasteiger partial charge in [0.05, 0.1) is 11.7 Å². The fraction of sp³-hybridized carbons (Fsp3) is 0.571. The number of hydrogen-bond donors (Lipinski definition) is 1. The lowest BCUT2D eigenvalue weighted by molar-refractivity contribution is -0.110. The van der Waals surface area contributed by atoms with E-state index in [0.29, 0.717) is 23.6 Å². The topological polar surface area (TPSA) is 29.5 Å². The van der Waals surface area contributed by atoms with Crippen molar-refractivity contribution in [3.63, 3.8) is 0 Å². The highest BCUT2D eigenvalue weighted by atomic mass is 35.5. The lowest BCUT2D eigenvalue weighted by Gasteiger charge is -2.33. The molecule has 0 saturated carbocycles. The largest absolute Gasteiger partial charge is 0.390 e. The molecule has 0 aliphatic rings. The van der Waals surface area contributed by atoms with Crippen LogP contribution in [0.4, 0.5) is 4.39 Å². The van der Waals surface area contributed by atoms with Crippen LogP contribution in [-0.4, -0.2) is 23.4 Å². The lowest BCUT2D eigenvalue weighted by atomic mass is 9.90. The van der Waals surface area contributed by atoms with Gasteiger partial charge in [0.1, 0.15) is 5.82 Å². The van der Waals surface area contributed by atoms with E-state index in [-0.39, 0.29) is 6.42 Å². The monoisotopic (exact) mass is 274 g/mol. The van der Waals surface area contributed by atoms with Gasteiger partial charge >= 0.3 is 0 Å². The molecule has 102 valence electrons. The Morgan fingerprint density at radius 1 is 1.44 bits per heavy atom. The molecule has 0 aliphatic carbocycles. The van der Waals surface area contributed by atoms with Crippen molar-refractivity contribution < 1.29 is 14.2 Å². The van der Waals surface area contributed by atoms with Gasteiger partial charge in [-0.1, -0.05) is 24.6 Å². The fourth-order valence-corrected chi connectivity index (χ4v) is 2.03. The van der Waals surface area contributed by atoms with Gasteiger partial charge in [-0.3, -0.25) is 0 Å². The summed E-state index contributed by atoms with van der Waals surface area (Å²) in [4.78, 5) is 0. The summed E-state index contributed by atoms with van der Waals surface area (Å²) in [6, 6.07) is 4.48. The fourth-order valence-electron chi connectivity index (χ4n) is 1.88. The minimum atomic E-state index is -0.752. The summed E-state index contributed by atoms with van der Waals surface area (Å²) < 4.78 is 19.2. The van der Waals surface area contributed by atoms with Crippen molar-refractivity contribution in [1.29, 1.82) is 0 Å². The second kappa shape index (κ2) is 6.50. The SMILES string of the molecule is CCOC(C)(CC)C(O)Cc1ccc(Cl)cc1F. The van der Waals surface area contributed by atoms with Crippen molar-refractivity contribution in [3.8, 4) is 0 Å². The molecule has 0 fully saturated rings. The van der Waals surface area contributed by atoms with E-state index in [1.54, 1.807) is 12.1 Å². The second-order valence-electron chi connectivity index (χ2n) is 4.55. The van der Waals surface area contributed by atoms with E-state index < -0.39 is 17.5 Å². The Morgan fingerprint density at radius 2 is 2.11 bits per heavy atom. The molecule has 1 rings (SSSR count). The van der Waals surface area contributed by atoms with E-state index in [9.17, 15) is 9.50 Å². The van der Waals surface area contributed by atoms with Crippen LogP contribution in [0.5, 0.6) is 0 Å². The zero-order valence-corrected chi connectivity index (χ0v) is 11.8. The predicted molar refractivity (Wildman–Crippen MR) is 71.4 cm³/mol. The molecule has 1 aromatic rings. The van der Waals surface area contributed by atoms with Crippen LogP contribution in [0.2, 0.25) is 5.02 Å². The first-order valence-corrected chi connectivity index (χ1v) is 6.56. The zero-order chi connectivity index (χ0) is 13.8. The van der Waals surface area contributed by atoms with Crippen LogP contribution in [0.25, 0.3) is 0 Å². The Labute approximate surface area is 113 Å². The molecule has 0 radical (unpaired) electrons. The normalized spacial score (nSPS) is 16.3. The Kier molecular flexibility index (Phi) is 5.57. The summed E-state index contributed by atoms with van der Waals surface area (Å²) in [5.74, 6) is -0.392. The third-order valence-electron chi connectivity index (χ3n) is 3.31. The molecular formula is C14H20ClFO2. The van der Waals surface area contributed by atoms with Crippen LogP contribution < -0.4 is 0 Å². The molecule has 2 unspecified atom stereocenters. The summed E-state index contributed by atoms with van der Waals surface area (Å²) in [6.45, 7) is 6.18. The number of aliphatic hydroxyl groups excluding tert-OH is 1. The van der Waals surface area contributed by atoms with Gasteiger partial charge in [0, 0.05) is 18.1 Å². The highest BCUT2D eigenvalue weighted by Gasteiger charge is 2.32. The molecule has 0 aromatic heterocycles. The van der Waals surface area contributed by atoms with E-state index in [1.165, 1.54) is 6.07 Å². The molecule has 0 bridgehead atoms. The molecule has 0 amide bonds. The van der Waals surface area contributed by atoms with Gasteiger partial charge in [0.15, 0.2) is 0 Å². The van der Waals surface area contributed by atoms with Crippen LogP contribution in [-0.2, 0) is 11.2 Å². The van der Waals surface area contributed by atoms with Gasteiger partial charge in [0.2, 0.25) is 0 Å². The zero-order valence-electron chi connectivity index (χ0n) is 11.0. The summed E-state index contributed by atoms with van der Waals surface area (Å²) in [6.07, 6.45) is 0.128. The summed E-state index contributed by atoms with van der Waals surface area (Å²) in [5, 5.41) is 10.6. The summed E-state index contributed by atoms with van der Waals surface area (Å²) in [5.41, 5.74) is -0.202.